The van der Waals surface area contributed by atoms with E-state index in [1.165, 1.54) is 57.8 Å². The number of carbonyl (C=O) groups excluding carboxylic acids is 1. The Bertz CT molecular complexity index is 394. The predicted octanol–water partition coefficient (Wildman–Crippen LogP) is 6.88. The number of nitroso groups, excluding NO2 is 1. The van der Waals surface area contributed by atoms with Crippen LogP contribution in [0.1, 0.15) is 104 Å². The highest BCUT2D eigenvalue weighted by molar-refractivity contribution is 5.80. The Labute approximate surface area is 168 Å². The molecule has 0 aromatic carbocycles. The van der Waals surface area contributed by atoms with Crippen LogP contribution >= 0.6 is 0 Å². The lowest BCUT2D eigenvalue weighted by Gasteiger charge is -2.28. The highest BCUT2D eigenvalue weighted by Crippen LogP contribution is 2.22. The number of amides is 1. The minimum Gasteiger partial charge on any atom is -0.306 e. The number of carbonyl (C=O) groups is 1. The molecule has 0 heterocycles. The van der Waals surface area contributed by atoms with Crippen LogP contribution < -0.4 is 0 Å². The molecule has 0 saturated carbocycles. The summed E-state index contributed by atoms with van der Waals surface area (Å²) in [6.07, 6.45) is 21.4. The fraction of sp³-hybridized carbons (Fsp3) is 0.870. The van der Waals surface area contributed by atoms with Gasteiger partial charge in [-0.3, -0.25) is 4.79 Å². The maximum atomic E-state index is 11.9. The maximum absolute atomic E-state index is 11.9. The van der Waals surface area contributed by atoms with Crippen molar-refractivity contribution < 1.29 is 4.79 Å². The van der Waals surface area contributed by atoms with Gasteiger partial charge in [-0.1, -0.05) is 77.4 Å². The van der Waals surface area contributed by atoms with Crippen LogP contribution in [0, 0.1) is 10.8 Å². The minimum atomic E-state index is -0.479. The zero-order chi connectivity index (χ0) is 20.3. The van der Waals surface area contributed by atoms with Gasteiger partial charge >= 0.3 is 0 Å². The van der Waals surface area contributed by atoms with E-state index in [9.17, 15) is 9.70 Å². The number of hydrogen-bond donors (Lipinski definition) is 0. The first-order valence-corrected chi connectivity index (χ1v) is 11.3. The van der Waals surface area contributed by atoms with Gasteiger partial charge in [-0.15, -0.1) is 4.91 Å². The van der Waals surface area contributed by atoms with Crippen LogP contribution in [0.2, 0.25) is 0 Å². The van der Waals surface area contributed by atoms with E-state index < -0.39 is 5.91 Å². The summed E-state index contributed by atoms with van der Waals surface area (Å²) < 4.78 is 0. The first-order chi connectivity index (χ1) is 13.1. The summed E-state index contributed by atoms with van der Waals surface area (Å²) >= 11 is 0. The molecule has 158 valence electrons. The topological polar surface area (TPSA) is 49.7 Å². The van der Waals surface area contributed by atoms with Crippen molar-refractivity contribution in [1.82, 2.24) is 4.90 Å². The van der Waals surface area contributed by atoms with E-state index in [0.717, 1.165) is 32.1 Å². The SMILES string of the molecule is CCCCCCCC/C=C\CCCCCCC(C(=O)N=O)C(CC)N(C)C. The first-order valence-electron chi connectivity index (χ1n) is 11.3. The Morgan fingerprint density at radius 1 is 0.852 bits per heavy atom. The normalized spacial score (nSPS) is 14.0. The molecule has 1 amide bonds. The van der Waals surface area contributed by atoms with Crippen molar-refractivity contribution in [1.29, 1.82) is 0 Å². The molecule has 0 aliphatic heterocycles. The second-order valence-electron chi connectivity index (χ2n) is 7.99. The van der Waals surface area contributed by atoms with E-state index in [1.807, 2.05) is 19.0 Å². The van der Waals surface area contributed by atoms with Crippen LogP contribution in [0.4, 0.5) is 0 Å². The van der Waals surface area contributed by atoms with Gasteiger partial charge in [0, 0.05) is 11.2 Å². The van der Waals surface area contributed by atoms with Gasteiger partial charge in [0.2, 0.25) is 0 Å². The second kappa shape index (κ2) is 18.3. The molecule has 0 aliphatic rings. The van der Waals surface area contributed by atoms with Crippen LogP contribution in [0.15, 0.2) is 17.3 Å². The van der Waals surface area contributed by atoms with Gasteiger partial charge in [0.25, 0.3) is 5.91 Å². The fourth-order valence-corrected chi connectivity index (χ4v) is 3.82. The Balaban J connectivity index is 3.77. The van der Waals surface area contributed by atoms with Gasteiger partial charge in [0.15, 0.2) is 0 Å². The van der Waals surface area contributed by atoms with Crippen molar-refractivity contribution in [3.05, 3.63) is 17.1 Å². The molecule has 2 atom stereocenters. The molecule has 0 radical (unpaired) electrons. The van der Waals surface area contributed by atoms with Crippen LogP contribution in [0.5, 0.6) is 0 Å². The summed E-state index contributed by atoms with van der Waals surface area (Å²) in [4.78, 5) is 24.6. The third kappa shape index (κ3) is 13.7. The zero-order valence-electron chi connectivity index (χ0n) is 18.4. The lowest BCUT2D eigenvalue weighted by atomic mass is 9.90. The predicted molar refractivity (Wildman–Crippen MR) is 117 cm³/mol. The molecule has 27 heavy (non-hydrogen) atoms. The van der Waals surface area contributed by atoms with Gasteiger partial charge in [0.1, 0.15) is 0 Å². The Morgan fingerprint density at radius 3 is 1.85 bits per heavy atom. The fourth-order valence-electron chi connectivity index (χ4n) is 3.82. The summed E-state index contributed by atoms with van der Waals surface area (Å²) in [5.41, 5.74) is 0. The molecule has 0 N–H and O–H groups in total. The quantitative estimate of drug-likeness (QED) is 0.148. The van der Waals surface area contributed by atoms with Crippen molar-refractivity contribution in [2.45, 2.75) is 110 Å². The molecule has 0 rings (SSSR count). The Morgan fingerprint density at radius 2 is 1.37 bits per heavy atom. The molecule has 0 fully saturated rings. The van der Waals surface area contributed by atoms with Gasteiger partial charge < -0.3 is 4.90 Å². The molecule has 0 saturated heterocycles. The Kier molecular flexibility index (Phi) is 17.6. The molecule has 0 aromatic heterocycles. The number of nitrogens with zero attached hydrogens (tertiary/aromatic N) is 2. The maximum Gasteiger partial charge on any atom is 0.290 e. The highest BCUT2D eigenvalue weighted by Gasteiger charge is 2.28. The van der Waals surface area contributed by atoms with Gasteiger partial charge in [-0.05, 0) is 52.6 Å². The summed E-state index contributed by atoms with van der Waals surface area (Å²) in [6.45, 7) is 4.32. The largest absolute Gasteiger partial charge is 0.306 e. The lowest BCUT2D eigenvalue weighted by molar-refractivity contribution is -0.124. The third-order valence-corrected chi connectivity index (χ3v) is 5.48. The minimum absolute atomic E-state index is 0.111. The molecular formula is C23H44N2O2. The molecule has 0 aromatic rings. The van der Waals surface area contributed by atoms with Gasteiger partial charge in [-0.25, -0.2) is 0 Å². The third-order valence-electron chi connectivity index (χ3n) is 5.48. The molecule has 2 unspecified atom stereocenters. The van der Waals surface area contributed by atoms with E-state index >= 15 is 0 Å². The van der Waals surface area contributed by atoms with E-state index in [2.05, 4.69) is 31.2 Å². The van der Waals surface area contributed by atoms with Gasteiger partial charge in [0.05, 0.1) is 5.92 Å². The molecular weight excluding hydrogens is 336 g/mol. The van der Waals surface area contributed by atoms with Crippen molar-refractivity contribution in [3.8, 4) is 0 Å². The van der Waals surface area contributed by atoms with Crippen LogP contribution in [-0.2, 0) is 4.79 Å². The van der Waals surface area contributed by atoms with Gasteiger partial charge in [-0.2, -0.15) is 0 Å². The van der Waals surface area contributed by atoms with Crippen LogP contribution in [0.3, 0.4) is 0 Å². The smallest absolute Gasteiger partial charge is 0.290 e. The van der Waals surface area contributed by atoms with Crippen molar-refractivity contribution >= 4 is 5.91 Å². The van der Waals surface area contributed by atoms with E-state index in [4.69, 9.17) is 0 Å². The van der Waals surface area contributed by atoms with E-state index in [-0.39, 0.29) is 12.0 Å². The number of hydrogen-bond acceptors (Lipinski definition) is 3. The molecule has 0 aliphatic carbocycles. The number of unbranched alkanes of at least 4 members (excludes halogenated alkanes) is 10. The zero-order valence-corrected chi connectivity index (χ0v) is 18.4. The molecule has 4 heteroatoms. The van der Waals surface area contributed by atoms with Crippen LogP contribution in [0.25, 0.3) is 0 Å². The Hall–Kier alpha value is -1.03. The lowest BCUT2D eigenvalue weighted by Crippen LogP contribution is -2.38. The van der Waals surface area contributed by atoms with Crippen LogP contribution in [-0.4, -0.2) is 30.9 Å². The second-order valence-corrected chi connectivity index (χ2v) is 7.99. The van der Waals surface area contributed by atoms with Crippen molar-refractivity contribution in [3.63, 3.8) is 0 Å². The standard InChI is InChI=1S/C23H44N2O2/c1-5-7-8-9-10-11-12-13-14-15-16-17-18-19-20-21(23(26)24-27)22(6-2)25(3)4/h13-14,21-22H,5-12,15-20H2,1-4H3/b14-13-. The van der Waals surface area contributed by atoms with E-state index in [1.54, 1.807) is 0 Å². The average Bonchev–Trinajstić information content (AvgIpc) is 2.66. The molecule has 4 nitrogen and oxygen atoms in total. The first kappa shape index (κ1) is 26.0. The van der Waals surface area contributed by atoms with Crippen molar-refractivity contribution in [2.75, 3.05) is 14.1 Å². The summed E-state index contributed by atoms with van der Waals surface area (Å²) in [5, 5.41) is 2.70. The van der Waals surface area contributed by atoms with Crippen molar-refractivity contribution in [2.24, 2.45) is 11.1 Å². The average molecular weight is 381 g/mol. The number of rotatable bonds is 18. The summed E-state index contributed by atoms with van der Waals surface area (Å²) in [7, 11) is 3.94. The molecule has 0 spiro atoms. The summed E-state index contributed by atoms with van der Waals surface area (Å²) in [5.74, 6) is -0.729. The highest BCUT2D eigenvalue weighted by atomic mass is 16.3. The molecule has 0 bridgehead atoms. The van der Waals surface area contributed by atoms with E-state index in [0.29, 0.717) is 0 Å². The monoisotopic (exact) mass is 380 g/mol. The number of allylic oxidation sites excluding steroid dienone is 2. The summed E-state index contributed by atoms with van der Waals surface area (Å²) in [6, 6.07) is 0.111.